The average Bonchev–Trinajstić information content (AvgIpc) is 3.23. The van der Waals surface area contributed by atoms with E-state index in [0.717, 1.165) is 0 Å². The highest BCUT2D eigenvalue weighted by Crippen LogP contribution is 2.31. The number of hydrogen-bond acceptors (Lipinski definition) is 4. The van der Waals surface area contributed by atoms with Crippen LogP contribution in [0.1, 0.15) is 12.8 Å². The van der Waals surface area contributed by atoms with Crippen molar-refractivity contribution < 1.29 is 32.2 Å². The van der Waals surface area contributed by atoms with Crippen molar-refractivity contribution in [3.63, 3.8) is 0 Å². The molecule has 0 aliphatic carbocycles. The van der Waals surface area contributed by atoms with Gasteiger partial charge in [0.1, 0.15) is 18.3 Å². The van der Waals surface area contributed by atoms with Crippen molar-refractivity contribution in [2.75, 3.05) is 25.5 Å². The lowest BCUT2D eigenvalue weighted by Gasteiger charge is -2.24. The Hall–Kier alpha value is -3.43. The number of carbonyl (C=O) groups excluding carboxylic acids is 2. The fourth-order valence-corrected chi connectivity index (χ4v) is 3.22. The molecular weight excluding hydrogens is 415 g/mol. The summed E-state index contributed by atoms with van der Waals surface area (Å²) in [5, 5.41) is 4.50. The van der Waals surface area contributed by atoms with Crippen LogP contribution in [-0.2, 0) is 4.79 Å². The van der Waals surface area contributed by atoms with Crippen molar-refractivity contribution in [3.05, 3.63) is 48.5 Å². The zero-order valence-corrected chi connectivity index (χ0v) is 16.7. The summed E-state index contributed by atoms with van der Waals surface area (Å²) in [6, 6.07) is 12.2. The summed E-state index contributed by atoms with van der Waals surface area (Å²) in [6.07, 6.45) is -3.67. The number of likely N-dealkylation sites (tertiary alicyclic amines) is 1. The molecule has 10 heteroatoms. The summed E-state index contributed by atoms with van der Waals surface area (Å²) >= 11 is 0. The lowest BCUT2D eigenvalue weighted by molar-refractivity contribution is -0.140. The smallest absolute Gasteiger partial charge is 0.405 e. The quantitative estimate of drug-likeness (QED) is 0.711. The van der Waals surface area contributed by atoms with Crippen molar-refractivity contribution in [1.29, 1.82) is 0 Å². The number of urea groups is 1. The standard InChI is InChI=1S/C21H22F3N3O4/c1-30-17-6-2-3-7-18(17)31-15-10-8-14(9-11-15)26-20(29)27-12-4-5-16(27)19(28)25-13-21(22,23)24/h2-3,6-11,16H,4-5,12-13H2,1H3,(H,25,28)(H,26,29). The molecule has 0 aromatic heterocycles. The minimum absolute atomic E-state index is 0.283. The number of amides is 3. The normalized spacial score (nSPS) is 16.0. The van der Waals surface area contributed by atoms with E-state index in [2.05, 4.69) is 5.32 Å². The average molecular weight is 437 g/mol. The van der Waals surface area contributed by atoms with Gasteiger partial charge in [-0.05, 0) is 49.2 Å². The first-order valence-corrected chi connectivity index (χ1v) is 9.60. The Morgan fingerprint density at radius 3 is 2.42 bits per heavy atom. The van der Waals surface area contributed by atoms with Crippen LogP contribution < -0.4 is 20.1 Å². The van der Waals surface area contributed by atoms with E-state index in [4.69, 9.17) is 9.47 Å². The van der Waals surface area contributed by atoms with Crippen molar-refractivity contribution in [2.24, 2.45) is 0 Å². The van der Waals surface area contributed by atoms with Gasteiger partial charge in [-0.1, -0.05) is 12.1 Å². The topological polar surface area (TPSA) is 79.9 Å². The highest BCUT2D eigenvalue weighted by molar-refractivity contribution is 5.94. The molecule has 1 saturated heterocycles. The number of carbonyl (C=O) groups is 2. The number of methoxy groups -OCH3 is 1. The molecular formula is C21H22F3N3O4. The van der Waals surface area contributed by atoms with Gasteiger partial charge in [0.2, 0.25) is 5.91 Å². The monoisotopic (exact) mass is 437 g/mol. The molecule has 2 N–H and O–H groups in total. The van der Waals surface area contributed by atoms with Crippen LogP contribution in [0.4, 0.5) is 23.7 Å². The first-order valence-electron chi connectivity index (χ1n) is 9.60. The van der Waals surface area contributed by atoms with Gasteiger partial charge in [0.15, 0.2) is 11.5 Å². The summed E-state index contributed by atoms with van der Waals surface area (Å²) < 4.78 is 48.0. The molecule has 0 saturated carbocycles. The number of ether oxygens (including phenoxy) is 2. The van der Waals surface area contributed by atoms with Crippen molar-refractivity contribution >= 4 is 17.6 Å². The molecule has 166 valence electrons. The van der Waals surface area contributed by atoms with Gasteiger partial charge in [0, 0.05) is 12.2 Å². The number of anilines is 1. The summed E-state index contributed by atoms with van der Waals surface area (Å²) in [6.45, 7) is -1.14. The number of nitrogens with zero attached hydrogens (tertiary/aromatic N) is 1. The summed E-state index contributed by atoms with van der Waals surface area (Å²) in [4.78, 5) is 25.9. The van der Waals surface area contributed by atoms with E-state index in [1.807, 2.05) is 17.4 Å². The maximum absolute atomic E-state index is 12.6. The molecule has 2 aromatic carbocycles. The van der Waals surface area contributed by atoms with Gasteiger partial charge in [-0.25, -0.2) is 4.79 Å². The predicted molar refractivity (Wildman–Crippen MR) is 107 cm³/mol. The van der Waals surface area contributed by atoms with Crippen LogP contribution >= 0.6 is 0 Å². The molecule has 3 amide bonds. The van der Waals surface area contributed by atoms with Crippen molar-refractivity contribution in [3.8, 4) is 17.2 Å². The van der Waals surface area contributed by atoms with Gasteiger partial charge in [0.25, 0.3) is 0 Å². The lowest BCUT2D eigenvalue weighted by atomic mass is 10.2. The Kier molecular flexibility index (Phi) is 6.88. The van der Waals surface area contributed by atoms with Gasteiger partial charge in [-0.3, -0.25) is 4.79 Å². The molecule has 1 heterocycles. The third kappa shape index (κ3) is 6.03. The SMILES string of the molecule is COc1ccccc1Oc1ccc(NC(=O)N2CCCC2C(=O)NCC(F)(F)F)cc1. The fourth-order valence-electron chi connectivity index (χ4n) is 3.22. The molecule has 1 fully saturated rings. The number of halogens is 3. The molecule has 0 bridgehead atoms. The van der Waals surface area contributed by atoms with Crippen LogP contribution in [0.15, 0.2) is 48.5 Å². The van der Waals surface area contributed by atoms with Crippen LogP contribution in [0.3, 0.4) is 0 Å². The third-order valence-electron chi connectivity index (χ3n) is 4.68. The molecule has 2 aromatic rings. The molecule has 0 radical (unpaired) electrons. The van der Waals surface area contributed by atoms with Crippen molar-refractivity contribution in [1.82, 2.24) is 10.2 Å². The number of rotatable bonds is 6. The van der Waals surface area contributed by atoms with E-state index in [9.17, 15) is 22.8 Å². The molecule has 1 atom stereocenters. The van der Waals surface area contributed by atoms with E-state index in [0.29, 0.717) is 35.8 Å². The molecule has 1 aliphatic rings. The minimum Gasteiger partial charge on any atom is -0.493 e. The maximum atomic E-state index is 12.6. The van der Waals surface area contributed by atoms with Crippen LogP contribution in [0.25, 0.3) is 0 Å². The van der Waals surface area contributed by atoms with E-state index in [1.54, 1.807) is 36.4 Å². The van der Waals surface area contributed by atoms with E-state index in [-0.39, 0.29) is 6.54 Å². The van der Waals surface area contributed by atoms with E-state index < -0.39 is 30.7 Å². The Bertz CT molecular complexity index is 919. The zero-order valence-electron chi connectivity index (χ0n) is 16.7. The number of para-hydroxylation sites is 2. The van der Waals surface area contributed by atoms with Gasteiger partial charge >= 0.3 is 12.2 Å². The minimum atomic E-state index is -4.51. The van der Waals surface area contributed by atoms with Crippen LogP contribution in [0.2, 0.25) is 0 Å². The highest BCUT2D eigenvalue weighted by Gasteiger charge is 2.36. The number of nitrogens with one attached hydrogen (secondary N) is 2. The number of alkyl halides is 3. The molecule has 31 heavy (non-hydrogen) atoms. The second-order valence-electron chi connectivity index (χ2n) is 6.89. The van der Waals surface area contributed by atoms with Crippen molar-refractivity contribution in [2.45, 2.75) is 25.1 Å². The Balaban J connectivity index is 1.59. The lowest BCUT2D eigenvalue weighted by Crippen LogP contribution is -2.49. The first-order chi connectivity index (χ1) is 14.8. The van der Waals surface area contributed by atoms with Gasteiger partial charge in [-0.15, -0.1) is 0 Å². The maximum Gasteiger partial charge on any atom is 0.405 e. The van der Waals surface area contributed by atoms with Crippen LogP contribution in [-0.4, -0.2) is 49.3 Å². The molecule has 1 aliphatic heterocycles. The zero-order chi connectivity index (χ0) is 22.4. The van der Waals surface area contributed by atoms with Crippen LogP contribution in [0, 0.1) is 0 Å². The summed E-state index contributed by atoms with van der Waals surface area (Å²) in [5.74, 6) is 0.814. The van der Waals surface area contributed by atoms with Gasteiger partial charge < -0.3 is 25.0 Å². The third-order valence-corrected chi connectivity index (χ3v) is 4.68. The number of benzene rings is 2. The first kappa shape index (κ1) is 22.3. The summed E-state index contributed by atoms with van der Waals surface area (Å²) in [5.41, 5.74) is 0.457. The second kappa shape index (κ2) is 9.59. The van der Waals surface area contributed by atoms with Gasteiger partial charge in [0.05, 0.1) is 7.11 Å². The molecule has 0 spiro atoms. The largest absolute Gasteiger partial charge is 0.493 e. The Morgan fingerprint density at radius 2 is 1.77 bits per heavy atom. The van der Waals surface area contributed by atoms with E-state index >= 15 is 0 Å². The summed E-state index contributed by atoms with van der Waals surface area (Å²) in [7, 11) is 1.54. The number of hydrogen-bond donors (Lipinski definition) is 2. The molecule has 7 nitrogen and oxygen atoms in total. The molecule has 1 unspecified atom stereocenters. The fraction of sp³-hybridized carbons (Fsp3) is 0.333. The second-order valence-corrected chi connectivity index (χ2v) is 6.89. The van der Waals surface area contributed by atoms with Gasteiger partial charge in [-0.2, -0.15) is 13.2 Å². The predicted octanol–water partition coefficient (Wildman–Crippen LogP) is 4.16. The highest BCUT2D eigenvalue weighted by atomic mass is 19.4. The van der Waals surface area contributed by atoms with Crippen LogP contribution in [0.5, 0.6) is 17.2 Å². The Labute approximate surface area is 177 Å². The van der Waals surface area contributed by atoms with E-state index in [1.165, 1.54) is 12.0 Å². The Morgan fingerprint density at radius 1 is 1.10 bits per heavy atom. The molecule has 3 rings (SSSR count).